The normalized spacial score (nSPS) is 10.7. The molecule has 4 N–H and O–H groups in total. The minimum absolute atomic E-state index is 0.125. The van der Waals surface area contributed by atoms with Crippen LogP contribution >= 0.6 is 0 Å². The lowest BCUT2D eigenvalue weighted by Crippen LogP contribution is -2.04. The SMILES string of the molecule is COc1ccc(-c2cccnc2-c2cnc(N)c(-c3nc(C)nc(N)n3)c2)cn1. The van der Waals surface area contributed by atoms with Crippen LogP contribution in [-0.4, -0.2) is 37.0 Å². The van der Waals surface area contributed by atoms with Crippen molar-refractivity contribution in [3.8, 4) is 39.7 Å². The summed E-state index contributed by atoms with van der Waals surface area (Å²) in [7, 11) is 1.58. The van der Waals surface area contributed by atoms with E-state index < -0.39 is 0 Å². The van der Waals surface area contributed by atoms with Gasteiger partial charge >= 0.3 is 0 Å². The topological polar surface area (TPSA) is 139 Å². The fraction of sp³-hybridized carbons (Fsp3) is 0.100. The predicted molar refractivity (Wildman–Crippen MR) is 110 cm³/mol. The van der Waals surface area contributed by atoms with Crippen LogP contribution in [-0.2, 0) is 0 Å². The van der Waals surface area contributed by atoms with E-state index in [9.17, 15) is 0 Å². The molecule has 0 spiro atoms. The summed E-state index contributed by atoms with van der Waals surface area (Å²) in [5.74, 6) is 1.83. The lowest BCUT2D eigenvalue weighted by atomic mass is 10.0. The standard InChI is InChI=1S/C20H18N8O/c1-11-26-19(28-20(22)27-11)15-8-13(10-25-18(15)21)17-14(4-3-7-23-17)12-5-6-16(29-2)24-9-12/h3-10H,1-2H3,(H2,21,25)(H2,22,26,27,28). The number of aryl methyl sites for hydroxylation is 1. The van der Waals surface area contributed by atoms with Gasteiger partial charge in [0.15, 0.2) is 5.82 Å². The Morgan fingerprint density at radius 3 is 2.41 bits per heavy atom. The van der Waals surface area contributed by atoms with E-state index in [0.29, 0.717) is 28.9 Å². The molecular weight excluding hydrogens is 368 g/mol. The molecule has 4 heterocycles. The number of aromatic nitrogens is 6. The smallest absolute Gasteiger partial charge is 0.223 e. The highest BCUT2D eigenvalue weighted by Crippen LogP contribution is 2.33. The van der Waals surface area contributed by atoms with Crippen LogP contribution in [0, 0.1) is 6.92 Å². The number of methoxy groups -OCH3 is 1. The number of ether oxygens (including phenoxy) is 1. The Labute approximate surface area is 166 Å². The summed E-state index contributed by atoms with van der Waals surface area (Å²) in [5.41, 5.74) is 15.7. The summed E-state index contributed by atoms with van der Waals surface area (Å²) >= 11 is 0. The van der Waals surface area contributed by atoms with Crippen LogP contribution in [0.25, 0.3) is 33.8 Å². The number of rotatable bonds is 4. The number of nitrogens with zero attached hydrogens (tertiary/aromatic N) is 6. The van der Waals surface area contributed by atoms with Crippen molar-refractivity contribution in [1.82, 2.24) is 29.9 Å². The molecular formula is C20H18N8O. The first-order valence-corrected chi connectivity index (χ1v) is 8.75. The van der Waals surface area contributed by atoms with E-state index in [1.807, 2.05) is 24.3 Å². The van der Waals surface area contributed by atoms with Gasteiger partial charge in [0.2, 0.25) is 11.8 Å². The largest absolute Gasteiger partial charge is 0.481 e. The first-order chi connectivity index (χ1) is 14.0. The zero-order valence-electron chi connectivity index (χ0n) is 15.9. The van der Waals surface area contributed by atoms with E-state index in [1.54, 1.807) is 38.7 Å². The van der Waals surface area contributed by atoms with Crippen LogP contribution in [0.4, 0.5) is 11.8 Å². The Morgan fingerprint density at radius 1 is 0.862 bits per heavy atom. The molecule has 4 aromatic rings. The van der Waals surface area contributed by atoms with Gasteiger partial charge in [0.1, 0.15) is 11.6 Å². The van der Waals surface area contributed by atoms with Crippen molar-refractivity contribution < 1.29 is 4.74 Å². The first-order valence-electron chi connectivity index (χ1n) is 8.75. The second-order valence-electron chi connectivity index (χ2n) is 6.21. The van der Waals surface area contributed by atoms with Gasteiger partial charge in [-0.2, -0.15) is 9.97 Å². The third-order valence-electron chi connectivity index (χ3n) is 4.26. The molecule has 9 nitrogen and oxygen atoms in total. The molecule has 0 unspecified atom stereocenters. The fourth-order valence-electron chi connectivity index (χ4n) is 2.94. The number of hydrogen-bond donors (Lipinski definition) is 2. The molecule has 0 saturated heterocycles. The molecule has 0 bridgehead atoms. The second-order valence-corrected chi connectivity index (χ2v) is 6.21. The monoisotopic (exact) mass is 386 g/mol. The quantitative estimate of drug-likeness (QED) is 0.541. The van der Waals surface area contributed by atoms with Crippen LogP contribution in [0.1, 0.15) is 5.82 Å². The molecule has 144 valence electrons. The Morgan fingerprint density at radius 2 is 1.69 bits per heavy atom. The van der Waals surface area contributed by atoms with Crippen molar-refractivity contribution in [2.24, 2.45) is 0 Å². The van der Waals surface area contributed by atoms with Gasteiger partial charge in [-0.3, -0.25) is 4.98 Å². The van der Waals surface area contributed by atoms with Gasteiger partial charge in [-0.25, -0.2) is 15.0 Å². The zero-order chi connectivity index (χ0) is 20.4. The van der Waals surface area contributed by atoms with Crippen LogP contribution < -0.4 is 16.2 Å². The Hall–Kier alpha value is -4.14. The molecule has 0 aliphatic heterocycles. The van der Waals surface area contributed by atoms with Gasteiger partial charge in [0.25, 0.3) is 0 Å². The number of nitrogen functional groups attached to an aromatic ring is 2. The molecule has 0 fully saturated rings. The molecule has 0 aromatic carbocycles. The minimum atomic E-state index is 0.125. The van der Waals surface area contributed by atoms with Gasteiger partial charge in [-0.15, -0.1) is 0 Å². The maximum absolute atomic E-state index is 6.08. The average Bonchev–Trinajstić information content (AvgIpc) is 2.73. The van der Waals surface area contributed by atoms with Gasteiger partial charge in [0.05, 0.1) is 18.4 Å². The number of anilines is 2. The van der Waals surface area contributed by atoms with Crippen molar-refractivity contribution in [3.63, 3.8) is 0 Å². The third kappa shape index (κ3) is 3.65. The lowest BCUT2D eigenvalue weighted by molar-refractivity contribution is 0.398. The van der Waals surface area contributed by atoms with Crippen LogP contribution in [0.3, 0.4) is 0 Å². The van der Waals surface area contributed by atoms with Gasteiger partial charge in [0, 0.05) is 41.3 Å². The Kier molecular flexibility index (Phi) is 4.70. The van der Waals surface area contributed by atoms with Crippen LogP contribution in [0.5, 0.6) is 5.88 Å². The molecule has 4 aromatic heterocycles. The molecule has 0 aliphatic carbocycles. The predicted octanol–water partition coefficient (Wildman–Crippen LogP) is 2.54. The highest BCUT2D eigenvalue weighted by Gasteiger charge is 2.15. The molecule has 0 amide bonds. The first kappa shape index (κ1) is 18.2. The van der Waals surface area contributed by atoms with E-state index in [4.69, 9.17) is 16.2 Å². The Bertz CT molecular complexity index is 1160. The lowest BCUT2D eigenvalue weighted by Gasteiger charge is -2.11. The molecule has 0 atom stereocenters. The highest BCUT2D eigenvalue weighted by molar-refractivity contribution is 5.83. The average molecular weight is 386 g/mol. The van der Waals surface area contributed by atoms with E-state index in [0.717, 1.165) is 22.4 Å². The van der Waals surface area contributed by atoms with Gasteiger partial charge < -0.3 is 16.2 Å². The zero-order valence-corrected chi connectivity index (χ0v) is 15.9. The fourth-order valence-corrected chi connectivity index (χ4v) is 2.94. The minimum Gasteiger partial charge on any atom is -0.481 e. The number of hydrogen-bond acceptors (Lipinski definition) is 9. The number of pyridine rings is 3. The van der Waals surface area contributed by atoms with Gasteiger partial charge in [-0.05, 0) is 25.1 Å². The summed E-state index contributed by atoms with van der Waals surface area (Å²) < 4.78 is 5.14. The van der Waals surface area contributed by atoms with E-state index >= 15 is 0 Å². The molecule has 9 heteroatoms. The summed E-state index contributed by atoms with van der Waals surface area (Å²) in [6.07, 6.45) is 5.12. The van der Waals surface area contributed by atoms with Crippen molar-refractivity contribution >= 4 is 11.8 Å². The second kappa shape index (κ2) is 7.47. The van der Waals surface area contributed by atoms with Crippen LogP contribution in [0.15, 0.2) is 48.9 Å². The van der Waals surface area contributed by atoms with Crippen LogP contribution in [0.2, 0.25) is 0 Å². The van der Waals surface area contributed by atoms with Gasteiger partial charge in [-0.1, -0.05) is 6.07 Å². The van der Waals surface area contributed by atoms with E-state index in [2.05, 4.69) is 29.9 Å². The van der Waals surface area contributed by atoms with Crippen molar-refractivity contribution in [3.05, 3.63) is 54.7 Å². The maximum atomic E-state index is 6.08. The van der Waals surface area contributed by atoms with E-state index in [1.165, 1.54) is 0 Å². The molecule has 0 aliphatic rings. The maximum Gasteiger partial charge on any atom is 0.223 e. The Balaban J connectivity index is 1.84. The van der Waals surface area contributed by atoms with Crippen molar-refractivity contribution in [2.45, 2.75) is 6.92 Å². The molecule has 4 rings (SSSR count). The summed E-state index contributed by atoms with van der Waals surface area (Å²) in [6.45, 7) is 1.74. The highest BCUT2D eigenvalue weighted by atomic mass is 16.5. The molecule has 29 heavy (non-hydrogen) atoms. The van der Waals surface area contributed by atoms with E-state index in [-0.39, 0.29) is 5.95 Å². The van der Waals surface area contributed by atoms with Crippen molar-refractivity contribution in [1.29, 1.82) is 0 Å². The third-order valence-corrected chi connectivity index (χ3v) is 4.26. The summed E-state index contributed by atoms with van der Waals surface area (Å²) in [5, 5.41) is 0. The number of nitrogens with two attached hydrogens (primary N) is 2. The molecule has 0 radical (unpaired) electrons. The van der Waals surface area contributed by atoms with Crippen molar-refractivity contribution in [2.75, 3.05) is 18.6 Å². The summed E-state index contributed by atoms with van der Waals surface area (Å²) in [6, 6.07) is 9.40. The summed E-state index contributed by atoms with van der Waals surface area (Å²) in [4.78, 5) is 25.7. The molecule has 0 saturated carbocycles.